The van der Waals surface area contributed by atoms with Gasteiger partial charge < -0.3 is 20.4 Å². The Hall–Kier alpha value is -3.02. The van der Waals surface area contributed by atoms with Gasteiger partial charge >= 0.3 is 6.03 Å². The van der Waals surface area contributed by atoms with Crippen LogP contribution in [0.25, 0.3) is 0 Å². The van der Waals surface area contributed by atoms with E-state index in [1.54, 1.807) is 0 Å². The van der Waals surface area contributed by atoms with Gasteiger partial charge in [-0.25, -0.2) is 4.79 Å². The number of hydrogen-bond donors (Lipinski definition) is 2. The van der Waals surface area contributed by atoms with Gasteiger partial charge in [-0.3, -0.25) is 4.79 Å². The molecule has 0 aliphatic carbocycles. The van der Waals surface area contributed by atoms with Gasteiger partial charge in [0.05, 0.1) is 0 Å². The second-order valence-electron chi connectivity index (χ2n) is 6.88. The third-order valence-electron chi connectivity index (χ3n) is 4.94. The van der Waals surface area contributed by atoms with E-state index in [0.29, 0.717) is 13.1 Å². The molecule has 0 aromatic heterocycles. The first-order valence-corrected chi connectivity index (χ1v) is 9.19. The Balaban J connectivity index is 1.59. The fourth-order valence-electron chi connectivity index (χ4n) is 3.23. The topological polar surface area (TPSA) is 64.7 Å². The van der Waals surface area contributed by atoms with Crippen LogP contribution in [-0.2, 0) is 4.79 Å². The van der Waals surface area contributed by atoms with Crippen molar-refractivity contribution in [3.05, 3.63) is 53.6 Å². The number of carbonyl (C=O) groups is 2. The zero-order valence-electron chi connectivity index (χ0n) is 16.1. The Morgan fingerprint density at radius 1 is 0.926 bits per heavy atom. The smallest absolute Gasteiger partial charge is 0.321 e. The summed E-state index contributed by atoms with van der Waals surface area (Å²) in [5.41, 5.74) is 4.97. The highest BCUT2D eigenvalue weighted by atomic mass is 16.2. The molecular weight excluding hydrogens is 340 g/mol. The summed E-state index contributed by atoms with van der Waals surface area (Å²) in [6.45, 7) is 8.37. The van der Waals surface area contributed by atoms with Crippen LogP contribution in [0.15, 0.2) is 42.5 Å². The zero-order chi connectivity index (χ0) is 19.4. The normalized spacial score (nSPS) is 14.0. The molecule has 6 nitrogen and oxygen atoms in total. The van der Waals surface area contributed by atoms with Gasteiger partial charge in [-0.1, -0.05) is 18.2 Å². The van der Waals surface area contributed by atoms with Crippen molar-refractivity contribution in [2.75, 3.05) is 41.7 Å². The molecular formula is C21H26N4O2. The summed E-state index contributed by atoms with van der Waals surface area (Å²) in [7, 11) is 0. The molecule has 1 aliphatic rings. The number of nitrogens with zero attached hydrogens (tertiary/aromatic N) is 2. The van der Waals surface area contributed by atoms with Gasteiger partial charge in [0.1, 0.15) is 0 Å². The van der Waals surface area contributed by atoms with Crippen LogP contribution in [0.2, 0.25) is 0 Å². The third kappa shape index (κ3) is 4.58. The monoisotopic (exact) mass is 366 g/mol. The van der Waals surface area contributed by atoms with E-state index in [9.17, 15) is 9.59 Å². The number of anilines is 3. The van der Waals surface area contributed by atoms with Crippen molar-refractivity contribution in [1.29, 1.82) is 0 Å². The van der Waals surface area contributed by atoms with Crippen LogP contribution < -0.4 is 15.5 Å². The zero-order valence-corrected chi connectivity index (χ0v) is 16.1. The predicted molar refractivity (Wildman–Crippen MR) is 109 cm³/mol. The molecule has 0 unspecified atom stereocenters. The van der Waals surface area contributed by atoms with Gasteiger partial charge in [-0.05, 0) is 49.2 Å². The van der Waals surface area contributed by atoms with Gasteiger partial charge in [0.2, 0.25) is 5.91 Å². The molecule has 2 aromatic rings. The third-order valence-corrected chi connectivity index (χ3v) is 4.94. The molecule has 0 radical (unpaired) electrons. The number of nitrogens with one attached hydrogen (secondary N) is 2. The molecule has 2 aromatic carbocycles. The summed E-state index contributed by atoms with van der Waals surface area (Å²) in [4.78, 5) is 27.9. The fraction of sp³-hybridized carbons (Fsp3) is 0.333. The van der Waals surface area contributed by atoms with E-state index in [2.05, 4.69) is 15.5 Å². The van der Waals surface area contributed by atoms with Crippen molar-refractivity contribution in [1.82, 2.24) is 4.90 Å². The highest BCUT2D eigenvalue weighted by Crippen LogP contribution is 2.22. The number of urea groups is 1. The molecule has 3 rings (SSSR count). The Labute approximate surface area is 160 Å². The summed E-state index contributed by atoms with van der Waals surface area (Å²) in [6, 6.07) is 13.7. The van der Waals surface area contributed by atoms with Crippen LogP contribution in [-0.4, -0.2) is 43.0 Å². The standard InChI is InChI=1S/C21H26N4O2/c1-15-6-4-9-20(16(15)2)23-21(27)25-12-10-24(11-13-25)19-8-5-7-18(14-19)22-17(3)26/h4-9,14H,10-13H2,1-3H3,(H,22,26)(H,23,27). The number of benzene rings is 2. The van der Waals surface area contributed by atoms with Gasteiger partial charge in [0.25, 0.3) is 0 Å². The van der Waals surface area contributed by atoms with E-state index in [0.717, 1.165) is 41.3 Å². The SMILES string of the molecule is CC(=O)Nc1cccc(N2CCN(C(=O)Nc3cccc(C)c3C)CC2)c1. The van der Waals surface area contributed by atoms with E-state index < -0.39 is 0 Å². The minimum atomic E-state index is -0.0833. The highest BCUT2D eigenvalue weighted by molar-refractivity contribution is 5.91. The average Bonchev–Trinajstić information content (AvgIpc) is 2.65. The summed E-state index contributed by atoms with van der Waals surface area (Å²) in [6.07, 6.45) is 0. The summed E-state index contributed by atoms with van der Waals surface area (Å²) >= 11 is 0. The molecule has 0 spiro atoms. The molecule has 1 aliphatic heterocycles. The minimum absolute atomic E-state index is 0.0599. The fourth-order valence-corrected chi connectivity index (χ4v) is 3.23. The molecule has 142 valence electrons. The quantitative estimate of drug-likeness (QED) is 0.872. The van der Waals surface area contributed by atoms with Crippen molar-refractivity contribution in [3.8, 4) is 0 Å². The number of carbonyl (C=O) groups excluding carboxylic acids is 2. The summed E-state index contributed by atoms with van der Waals surface area (Å²) in [5.74, 6) is -0.0833. The molecule has 2 N–H and O–H groups in total. The minimum Gasteiger partial charge on any atom is -0.368 e. The summed E-state index contributed by atoms with van der Waals surface area (Å²) in [5, 5.41) is 5.84. The Morgan fingerprint density at radius 2 is 1.63 bits per heavy atom. The molecule has 3 amide bonds. The maximum Gasteiger partial charge on any atom is 0.321 e. The molecule has 27 heavy (non-hydrogen) atoms. The van der Waals surface area contributed by atoms with E-state index >= 15 is 0 Å². The lowest BCUT2D eigenvalue weighted by molar-refractivity contribution is -0.114. The molecule has 0 atom stereocenters. The van der Waals surface area contributed by atoms with Crippen LogP contribution in [0.5, 0.6) is 0 Å². The predicted octanol–water partition coefficient (Wildman–Crippen LogP) is 3.62. The lowest BCUT2D eigenvalue weighted by Gasteiger charge is -2.36. The number of rotatable bonds is 3. The molecule has 6 heteroatoms. The maximum atomic E-state index is 12.6. The summed E-state index contributed by atoms with van der Waals surface area (Å²) < 4.78 is 0. The molecule has 1 heterocycles. The van der Waals surface area contributed by atoms with Gasteiger partial charge in [0, 0.05) is 50.2 Å². The number of aryl methyl sites for hydroxylation is 1. The van der Waals surface area contributed by atoms with Crippen molar-refractivity contribution >= 4 is 29.0 Å². The first kappa shape index (κ1) is 18.8. The van der Waals surface area contributed by atoms with Crippen molar-refractivity contribution < 1.29 is 9.59 Å². The maximum absolute atomic E-state index is 12.6. The molecule has 1 fully saturated rings. The van der Waals surface area contributed by atoms with E-state index in [1.807, 2.05) is 61.2 Å². The second kappa shape index (κ2) is 8.12. The Bertz CT molecular complexity index is 842. The number of piperazine rings is 1. The first-order valence-electron chi connectivity index (χ1n) is 9.19. The lowest BCUT2D eigenvalue weighted by Crippen LogP contribution is -2.50. The second-order valence-corrected chi connectivity index (χ2v) is 6.88. The Morgan fingerprint density at radius 3 is 2.33 bits per heavy atom. The van der Waals surface area contributed by atoms with Crippen molar-refractivity contribution in [2.24, 2.45) is 0 Å². The van der Waals surface area contributed by atoms with Gasteiger partial charge in [0.15, 0.2) is 0 Å². The van der Waals surface area contributed by atoms with Crippen molar-refractivity contribution in [2.45, 2.75) is 20.8 Å². The van der Waals surface area contributed by atoms with E-state index in [4.69, 9.17) is 0 Å². The number of hydrogen-bond acceptors (Lipinski definition) is 3. The number of amides is 3. The van der Waals surface area contributed by atoms with E-state index in [1.165, 1.54) is 6.92 Å². The van der Waals surface area contributed by atoms with Gasteiger partial charge in [-0.2, -0.15) is 0 Å². The van der Waals surface area contributed by atoms with E-state index in [-0.39, 0.29) is 11.9 Å². The first-order chi connectivity index (χ1) is 12.9. The van der Waals surface area contributed by atoms with Crippen LogP contribution in [0.1, 0.15) is 18.1 Å². The van der Waals surface area contributed by atoms with Crippen molar-refractivity contribution in [3.63, 3.8) is 0 Å². The van der Waals surface area contributed by atoms with Crippen LogP contribution in [0.3, 0.4) is 0 Å². The average molecular weight is 366 g/mol. The van der Waals surface area contributed by atoms with Crippen LogP contribution >= 0.6 is 0 Å². The molecule has 0 saturated carbocycles. The lowest BCUT2D eigenvalue weighted by atomic mass is 10.1. The molecule has 1 saturated heterocycles. The Kier molecular flexibility index (Phi) is 5.64. The van der Waals surface area contributed by atoms with Crippen LogP contribution in [0, 0.1) is 13.8 Å². The highest BCUT2D eigenvalue weighted by Gasteiger charge is 2.22. The largest absolute Gasteiger partial charge is 0.368 e. The molecule has 0 bridgehead atoms. The van der Waals surface area contributed by atoms with Crippen LogP contribution in [0.4, 0.5) is 21.9 Å². The van der Waals surface area contributed by atoms with Gasteiger partial charge in [-0.15, -0.1) is 0 Å².